The molecule has 4 aliphatic heterocycles. The van der Waals surface area contributed by atoms with Crippen molar-refractivity contribution >= 4 is 46.1 Å². The predicted octanol–water partition coefficient (Wildman–Crippen LogP) is 11.1. The maximum Gasteiger partial charge on any atom is 0.286 e. The normalized spacial score (nSPS) is 20.0. The summed E-state index contributed by atoms with van der Waals surface area (Å²) in [5.41, 5.74) is 11.1. The lowest BCUT2D eigenvalue weighted by Gasteiger charge is -2.37. The minimum Gasteiger partial charge on any atom is -0.507 e. The Bertz CT molecular complexity index is 2730. The largest absolute Gasteiger partial charge is 0.507 e. The number of aryl methyl sites for hydroxylation is 2. The van der Waals surface area contributed by atoms with Gasteiger partial charge in [-0.25, -0.2) is 0 Å². The van der Waals surface area contributed by atoms with Gasteiger partial charge in [0.15, 0.2) is 0 Å². The van der Waals surface area contributed by atoms with Crippen molar-refractivity contribution in [2.75, 3.05) is 6.61 Å². The molecular weight excluding hydrogens is 914 g/mol. The molecule has 12 nitrogen and oxygen atoms in total. The van der Waals surface area contributed by atoms with Gasteiger partial charge in [-0.2, -0.15) is 0 Å². The van der Waals surface area contributed by atoms with Crippen LogP contribution >= 0.6 is 35.0 Å². The molecule has 4 aromatic carbocycles. The number of fused-ring (bicyclic) bond motifs is 3. The number of carbonyl (C=O) groups excluding carboxylic acids is 2. The number of phenolic OH excluding ortho intramolecular Hbond substituents is 1. The number of hydrogen-bond acceptors (Lipinski definition) is 12. The second kappa shape index (κ2) is 19.8. The van der Waals surface area contributed by atoms with Crippen LogP contribution in [0.5, 0.6) is 28.7 Å². The smallest absolute Gasteiger partial charge is 0.286 e. The molecule has 0 aliphatic carbocycles. The number of nitrogens with zero attached hydrogens (tertiary/aromatic N) is 2. The van der Waals surface area contributed by atoms with E-state index in [9.17, 15) is 24.9 Å². The molecular formula is C52H51Cl2N3O9S. The van der Waals surface area contributed by atoms with Crippen LogP contribution < -0.4 is 14.8 Å². The Balaban J connectivity index is 0.000000145. The third-order valence-electron chi connectivity index (χ3n) is 12.7. The molecule has 1 fully saturated rings. The number of ether oxygens (including phenoxy) is 4. The number of pyridine rings is 2. The number of aromatic hydroxyl groups is 3. The number of amides is 2. The SMILES string of the molecule is Cc1c(C)c2c(c(C)c1O)CCC(C)(COc1ccc(CC3SC(=O)NC3=O)cc1)O2.Cc1ncc2c(c1O)COC2c1ccc(Cl)cc1.Cc1ncc2c(c1O)COC2c1ccc(Cl)cc1. The van der Waals surface area contributed by atoms with Crippen LogP contribution in [0.4, 0.5) is 4.79 Å². The Hall–Kier alpha value is -5.83. The van der Waals surface area contributed by atoms with Crippen LogP contribution in [0.3, 0.4) is 0 Å². The molecule has 0 spiro atoms. The van der Waals surface area contributed by atoms with Crippen LogP contribution in [-0.2, 0) is 40.3 Å². The number of rotatable bonds is 7. The number of carbonyl (C=O) groups is 2. The Labute approximate surface area is 403 Å². The first-order valence-corrected chi connectivity index (χ1v) is 23.5. The molecule has 2 aromatic heterocycles. The molecule has 4 aliphatic rings. The zero-order valence-electron chi connectivity index (χ0n) is 37.9. The quantitative estimate of drug-likeness (QED) is 0.120. The number of aromatic nitrogens is 2. The lowest BCUT2D eigenvalue weighted by molar-refractivity contribution is -0.118. The fourth-order valence-electron chi connectivity index (χ4n) is 8.51. The Morgan fingerprint density at radius 3 is 1.73 bits per heavy atom. The molecule has 15 heteroatoms. The number of phenols is 1. The minimum absolute atomic E-state index is 0.170. The first kappa shape index (κ1) is 47.7. The van der Waals surface area contributed by atoms with Crippen molar-refractivity contribution in [3.8, 4) is 28.7 Å². The molecule has 0 radical (unpaired) electrons. The first-order valence-electron chi connectivity index (χ1n) is 21.8. The maximum absolute atomic E-state index is 11.7. The van der Waals surface area contributed by atoms with Crippen LogP contribution in [-0.4, -0.2) is 53.9 Å². The van der Waals surface area contributed by atoms with Gasteiger partial charge in [0.1, 0.15) is 53.2 Å². The number of hydrogen-bond donors (Lipinski definition) is 4. The zero-order valence-corrected chi connectivity index (χ0v) is 40.2. The summed E-state index contributed by atoms with van der Waals surface area (Å²) in [6.45, 7) is 12.7. The molecule has 4 unspecified atom stereocenters. The molecule has 6 aromatic rings. The van der Waals surface area contributed by atoms with Crippen LogP contribution in [0.2, 0.25) is 10.0 Å². The topological polar surface area (TPSA) is 170 Å². The Kier molecular flexibility index (Phi) is 14.1. The highest BCUT2D eigenvalue weighted by Gasteiger charge is 2.36. The van der Waals surface area contributed by atoms with Gasteiger partial charge in [-0.15, -0.1) is 0 Å². The van der Waals surface area contributed by atoms with E-state index in [-0.39, 0.29) is 40.1 Å². The van der Waals surface area contributed by atoms with Gasteiger partial charge in [-0.05, 0) is 131 Å². The summed E-state index contributed by atoms with van der Waals surface area (Å²) in [5, 5.41) is 33.3. The van der Waals surface area contributed by atoms with Gasteiger partial charge >= 0.3 is 0 Å². The van der Waals surface area contributed by atoms with E-state index < -0.39 is 5.60 Å². The molecule has 348 valence electrons. The molecule has 67 heavy (non-hydrogen) atoms. The van der Waals surface area contributed by atoms with Crippen LogP contribution in [0.25, 0.3) is 0 Å². The van der Waals surface area contributed by atoms with E-state index in [4.69, 9.17) is 42.1 Å². The summed E-state index contributed by atoms with van der Waals surface area (Å²) < 4.78 is 23.9. The molecule has 0 bridgehead atoms. The lowest BCUT2D eigenvalue weighted by Crippen LogP contribution is -2.42. The summed E-state index contributed by atoms with van der Waals surface area (Å²) in [6.07, 6.45) is 5.34. The van der Waals surface area contributed by atoms with E-state index in [1.807, 2.05) is 100 Å². The van der Waals surface area contributed by atoms with Gasteiger partial charge in [0.25, 0.3) is 5.24 Å². The monoisotopic (exact) mass is 963 g/mol. The van der Waals surface area contributed by atoms with E-state index in [0.29, 0.717) is 53.4 Å². The van der Waals surface area contributed by atoms with Crippen molar-refractivity contribution in [3.63, 3.8) is 0 Å². The third-order valence-corrected chi connectivity index (χ3v) is 14.2. The molecule has 1 saturated heterocycles. The van der Waals surface area contributed by atoms with Gasteiger partial charge in [-0.1, -0.05) is 71.4 Å². The van der Waals surface area contributed by atoms with Crippen molar-refractivity contribution in [1.82, 2.24) is 15.3 Å². The standard InChI is InChI=1S/C24H27NO5S.2C14H12ClNO2/c1-13-14(2)21-18(15(3)20(13)26)9-10-24(4,30-21)12-29-17-7-5-16(6-8-17)11-19-22(27)25-23(28)31-19;2*1-8-13(17)12-7-18-14(11(12)6-16-8)9-2-4-10(15)5-3-9/h5-8,19,26H,9-12H2,1-4H3,(H,25,27,28);2*2-6,14,17H,7H2,1H3. The summed E-state index contributed by atoms with van der Waals surface area (Å²) in [4.78, 5) is 31.4. The van der Waals surface area contributed by atoms with Gasteiger partial charge in [0.2, 0.25) is 5.91 Å². The Morgan fingerprint density at radius 1 is 0.716 bits per heavy atom. The van der Waals surface area contributed by atoms with Crippen molar-refractivity contribution in [3.05, 3.63) is 168 Å². The third kappa shape index (κ3) is 10.2. The summed E-state index contributed by atoms with van der Waals surface area (Å²) in [7, 11) is 0. The van der Waals surface area contributed by atoms with E-state index in [1.165, 1.54) is 0 Å². The first-order chi connectivity index (χ1) is 32.0. The Morgan fingerprint density at radius 2 is 1.24 bits per heavy atom. The summed E-state index contributed by atoms with van der Waals surface area (Å²) in [5.74, 6) is 2.20. The zero-order chi connectivity index (χ0) is 47.7. The number of benzene rings is 4. The molecule has 0 saturated carbocycles. The number of halogens is 2. The van der Waals surface area contributed by atoms with Crippen LogP contribution in [0.15, 0.2) is 85.2 Å². The highest BCUT2D eigenvalue weighted by molar-refractivity contribution is 8.15. The van der Waals surface area contributed by atoms with Crippen LogP contribution in [0, 0.1) is 34.6 Å². The summed E-state index contributed by atoms with van der Waals surface area (Å²) >= 11 is 12.8. The predicted molar refractivity (Wildman–Crippen MR) is 258 cm³/mol. The fourth-order valence-corrected chi connectivity index (χ4v) is 9.62. The van der Waals surface area contributed by atoms with E-state index in [0.717, 1.165) is 97.3 Å². The van der Waals surface area contributed by atoms with E-state index >= 15 is 0 Å². The van der Waals surface area contributed by atoms with Crippen LogP contribution in [0.1, 0.15) is 98.1 Å². The maximum atomic E-state index is 11.7. The lowest BCUT2D eigenvalue weighted by atomic mass is 9.87. The van der Waals surface area contributed by atoms with Gasteiger partial charge in [-0.3, -0.25) is 24.9 Å². The van der Waals surface area contributed by atoms with Gasteiger partial charge in [0.05, 0.1) is 29.9 Å². The van der Waals surface area contributed by atoms with Crippen molar-refractivity contribution in [2.24, 2.45) is 0 Å². The highest BCUT2D eigenvalue weighted by Crippen LogP contribution is 2.44. The molecule has 2 amide bonds. The highest BCUT2D eigenvalue weighted by atomic mass is 35.5. The average Bonchev–Trinajstić information content (AvgIpc) is 4.05. The fraction of sp³-hybridized carbons (Fsp3) is 0.308. The van der Waals surface area contributed by atoms with Gasteiger partial charge < -0.3 is 34.3 Å². The average molecular weight is 965 g/mol. The molecule has 6 heterocycles. The number of nitrogens with one attached hydrogen (secondary N) is 1. The number of imide groups is 1. The van der Waals surface area contributed by atoms with Gasteiger partial charge in [0, 0.05) is 50.3 Å². The van der Waals surface area contributed by atoms with Crippen molar-refractivity contribution in [1.29, 1.82) is 0 Å². The summed E-state index contributed by atoms with van der Waals surface area (Å²) in [6, 6.07) is 22.7. The van der Waals surface area contributed by atoms with Crippen molar-refractivity contribution < 1.29 is 43.9 Å². The second-order valence-electron chi connectivity index (χ2n) is 17.3. The second-order valence-corrected chi connectivity index (χ2v) is 19.4. The van der Waals surface area contributed by atoms with Crippen molar-refractivity contribution in [2.45, 2.75) is 97.1 Å². The van der Waals surface area contributed by atoms with E-state index in [1.54, 1.807) is 26.2 Å². The molecule has 10 rings (SSSR count). The minimum atomic E-state index is -0.467. The molecule has 4 atom stereocenters. The number of thioether (sulfide) groups is 1. The molecule has 4 N–H and O–H groups in total. The van der Waals surface area contributed by atoms with E-state index in [2.05, 4.69) is 15.3 Å².